The van der Waals surface area contributed by atoms with Crippen molar-refractivity contribution in [2.24, 2.45) is 11.8 Å². The number of rotatable bonds is 7. The van der Waals surface area contributed by atoms with Crippen LogP contribution in [0.3, 0.4) is 0 Å². The topological polar surface area (TPSA) is 51.2 Å². The van der Waals surface area contributed by atoms with Gasteiger partial charge in [0.25, 0.3) is 0 Å². The predicted molar refractivity (Wildman–Crippen MR) is 84.9 cm³/mol. The Hall–Kier alpha value is -2.55. The molecule has 0 aliphatic heterocycles. The number of Topliss-reactive ketones (excluding diaryl/α,β-unsaturated/α-hetero) is 2. The molecule has 0 aromatic heterocycles. The van der Waals surface area contributed by atoms with Crippen LogP contribution in [0.2, 0.25) is 0 Å². The minimum Gasteiger partial charge on any atom is -0.303 e. The standard InChI is InChI=1S/C19H18O3/c1-14(12-13-20)17(18(21)15-8-4-2-5-9-15)19(22)16-10-6-3-7-11-16/h2-11,13-14,17H,12H2,1H3. The highest BCUT2D eigenvalue weighted by molar-refractivity contribution is 6.16. The summed E-state index contributed by atoms with van der Waals surface area (Å²) in [7, 11) is 0. The van der Waals surface area contributed by atoms with Gasteiger partial charge in [-0.15, -0.1) is 0 Å². The number of hydrogen-bond acceptors (Lipinski definition) is 3. The lowest BCUT2D eigenvalue weighted by Gasteiger charge is -2.20. The summed E-state index contributed by atoms with van der Waals surface area (Å²) in [4.78, 5) is 36.3. The fourth-order valence-corrected chi connectivity index (χ4v) is 2.49. The Kier molecular flexibility index (Phi) is 5.37. The van der Waals surface area contributed by atoms with Crippen LogP contribution >= 0.6 is 0 Å². The van der Waals surface area contributed by atoms with Crippen LogP contribution in [0.1, 0.15) is 34.1 Å². The summed E-state index contributed by atoms with van der Waals surface area (Å²) in [6.07, 6.45) is 0.941. The van der Waals surface area contributed by atoms with E-state index in [-0.39, 0.29) is 23.9 Å². The van der Waals surface area contributed by atoms with Gasteiger partial charge in [-0.2, -0.15) is 0 Å². The van der Waals surface area contributed by atoms with E-state index in [9.17, 15) is 14.4 Å². The molecular formula is C19H18O3. The van der Waals surface area contributed by atoms with Gasteiger partial charge in [0.15, 0.2) is 11.6 Å². The highest BCUT2D eigenvalue weighted by atomic mass is 16.2. The lowest BCUT2D eigenvalue weighted by molar-refractivity contribution is -0.108. The highest BCUT2D eigenvalue weighted by Crippen LogP contribution is 2.24. The van der Waals surface area contributed by atoms with E-state index in [4.69, 9.17) is 0 Å². The van der Waals surface area contributed by atoms with E-state index in [1.165, 1.54) is 0 Å². The summed E-state index contributed by atoms with van der Waals surface area (Å²) in [5, 5.41) is 0. The van der Waals surface area contributed by atoms with Crippen LogP contribution in [0, 0.1) is 11.8 Å². The molecule has 0 spiro atoms. The van der Waals surface area contributed by atoms with Gasteiger partial charge in [-0.25, -0.2) is 0 Å². The molecule has 0 bridgehead atoms. The molecule has 1 unspecified atom stereocenters. The van der Waals surface area contributed by atoms with Crippen LogP contribution in [-0.4, -0.2) is 17.9 Å². The number of carbonyl (C=O) groups is 3. The monoisotopic (exact) mass is 294 g/mol. The normalized spacial score (nSPS) is 11.9. The molecule has 112 valence electrons. The van der Waals surface area contributed by atoms with E-state index in [0.717, 1.165) is 6.29 Å². The largest absolute Gasteiger partial charge is 0.303 e. The number of ketones is 2. The molecular weight excluding hydrogens is 276 g/mol. The second-order valence-electron chi connectivity index (χ2n) is 5.32. The van der Waals surface area contributed by atoms with Crippen LogP contribution in [-0.2, 0) is 4.79 Å². The van der Waals surface area contributed by atoms with Crippen molar-refractivity contribution in [1.29, 1.82) is 0 Å². The third-order valence-electron chi connectivity index (χ3n) is 3.72. The molecule has 0 heterocycles. The molecule has 1 atom stereocenters. The molecule has 3 heteroatoms. The molecule has 0 saturated carbocycles. The first-order valence-corrected chi connectivity index (χ1v) is 7.27. The Bertz CT molecular complexity index is 595. The molecule has 0 amide bonds. The molecule has 0 aliphatic rings. The lowest BCUT2D eigenvalue weighted by atomic mass is 9.80. The molecule has 22 heavy (non-hydrogen) atoms. The molecule has 2 aromatic rings. The Balaban J connectivity index is 2.37. The molecule has 0 fully saturated rings. The molecule has 3 nitrogen and oxygen atoms in total. The van der Waals surface area contributed by atoms with Crippen LogP contribution in [0.5, 0.6) is 0 Å². The highest BCUT2D eigenvalue weighted by Gasteiger charge is 2.33. The molecule has 0 aliphatic carbocycles. The van der Waals surface area contributed by atoms with Gasteiger partial charge in [-0.05, 0) is 5.92 Å². The Labute approximate surface area is 130 Å². The summed E-state index contributed by atoms with van der Waals surface area (Å²) in [6, 6.07) is 17.5. The Morgan fingerprint density at radius 2 is 1.27 bits per heavy atom. The fourth-order valence-electron chi connectivity index (χ4n) is 2.49. The fraction of sp³-hybridized carbons (Fsp3) is 0.211. The average Bonchev–Trinajstić information content (AvgIpc) is 2.56. The zero-order valence-corrected chi connectivity index (χ0v) is 12.4. The lowest BCUT2D eigenvalue weighted by Crippen LogP contribution is -2.30. The maximum Gasteiger partial charge on any atom is 0.173 e. The summed E-state index contributed by atoms with van der Waals surface area (Å²) >= 11 is 0. The number of carbonyl (C=O) groups excluding carboxylic acids is 3. The zero-order valence-electron chi connectivity index (χ0n) is 12.4. The van der Waals surface area contributed by atoms with Gasteiger partial charge < -0.3 is 4.79 Å². The first kappa shape index (κ1) is 15.8. The van der Waals surface area contributed by atoms with E-state index in [2.05, 4.69) is 0 Å². The first-order chi connectivity index (χ1) is 10.6. The minimum absolute atomic E-state index is 0.182. The Morgan fingerprint density at radius 3 is 1.64 bits per heavy atom. The Morgan fingerprint density at radius 1 is 0.864 bits per heavy atom. The van der Waals surface area contributed by atoms with Crippen molar-refractivity contribution in [2.45, 2.75) is 13.3 Å². The maximum atomic E-state index is 12.7. The summed E-state index contributed by atoms with van der Waals surface area (Å²) in [5.41, 5.74) is 0.990. The molecule has 0 N–H and O–H groups in total. The van der Waals surface area contributed by atoms with Gasteiger partial charge in [-0.3, -0.25) is 9.59 Å². The number of aldehydes is 1. The van der Waals surface area contributed by atoms with Gasteiger partial charge in [0.2, 0.25) is 0 Å². The summed E-state index contributed by atoms with van der Waals surface area (Å²) < 4.78 is 0. The average molecular weight is 294 g/mol. The van der Waals surface area contributed by atoms with Crippen LogP contribution < -0.4 is 0 Å². The van der Waals surface area contributed by atoms with Crippen LogP contribution in [0.4, 0.5) is 0 Å². The summed E-state index contributed by atoms with van der Waals surface area (Å²) in [6.45, 7) is 1.76. The van der Waals surface area contributed by atoms with Crippen molar-refractivity contribution in [3.8, 4) is 0 Å². The van der Waals surface area contributed by atoms with E-state index >= 15 is 0 Å². The van der Waals surface area contributed by atoms with E-state index in [1.54, 1.807) is 55.5 Å². The smallest absolute Gasteiger partial charge is 0.173 e. The van der Waals surface area contributed by atoms with Gasteiger partial charge >= 0.3 is 0 Å². The maximum absolute atomic E-state index is 12.7. The first-order valence-electron chi connectivity index (χ1n) is 7.27. The quantitative estimate of drug-likeness (QED) is 0.445. The van der Waals surface area contributed by atoms with Crippen molar-refractivity contribution in [3.05, 3.63) is 71.8 Å². The molecule has 2 aromatic carbocycles. The van der Waals surface area contributed by atoms with E-state index < -0.39 is 5.92 Å². The minimum atomic E-state index is -0.838. The van der Waals surface area contributed by atoms with E-state index in [0.29, 0.717) is 11.1 Å². The van der Waals surface area contributed by atoms with Crippen LogP contribution in [0.25, 0.3) is 0 Å². The second kappa shape index (κ2) is 7.46. The SMILES string of the molecule is CC(CC=O)C(C(=O)c1ccccc1)C(=O)c1ccccc1. The van der Waals surface area contributed by atoms with Crippen molar-refractivity contribution >= 4 is 17.9 Å². The summed E-state index contributed by atoms with van der Waals surface area (Å²) in [5.74, 6) is -1.64. The van der Waals surface area contributed by atoms with Gasteiger partial charge in [0.05, 0.1) is 5.92 Å². The van der Waals surface area contributed by atoms with Gasteiger partial charge in [0.1, 0.15) is 6.29 Å². The van der Waals surface area contributed by atoms with Crippen LogP contribution in [0.15, 0.2) is 60.7 Å². The van der Waals surface area contributed by atoms with Crippen molar-refractivity contribution < 1.29 is 14.4 Å². The molecule has 2 rings (SSSR count). The predicted octanol–water partition coefficient (Wildman–Crippen LogP) is 3.59. The van der Waals surface area contributed by atoms with Crippen molar-refractivity contribution in [1.82, 2.24) is 0 Å². The van der Waals surface area contributed by atoms with Gasteiger partial charge in [0, 0.05) is 17.5 Å². The van der Waals surface area contributed by atoms with Gasteiger partial charge in [-0.1, -0.05) is 67.6 Å². The number of hydrogen-bond donors (Lipinski definition) is 0. The molecule has 0 radical (unpaired) electrons. The third-order valence-corrected chi connectivity index (χ3v) is 3.72. The second-order valence-corrected chi connectivity index (χ2v) is 5.32. The number of benzene rings is 2. The van der Waals surface area contributed by atoms with Crippen molar-refractivity contribution in [2.75, 3.05) is 0 Å². The third kappa shape index (κ3) is 3.55. The zero-order chi connectivity index (χ0) is 15.9. The van der Waals surface area contributed by atoms with E-state index in [1.807, 2.05) is 12.1 Å². The van der Waals surface area contributed by atoms with Crippen molar-refractivity contribution in [3.63, 3.8) is 0 Å². The molecule has 0 saturated heterocycles.